The van der Waals surface area contributed by atoms with Gasteiger partial charge in [0.1, 0.15) is 11.8 Å². The fraction of sp³-hybridized carbons (Fsp3) is 0.467. The third-order valence-electron chi connectivity index (χ3n) is 2.66. The second kappa shape index (κ2) is 9.82. The summed E-state index contributed by atoms with van der Waals surface area (Å²) in [6, 6.07) is 9.48. The van der Waals surface area contributed by atoms with Gasteiger partial charge in [0.15, 0.2) is 6.61 Å². The number of nitrogens with one attached hydrogen (secondary N) is 2. The van der Waals surface area contributed by atoms with E-state index < -0.39 is 0 Å². The first-order valence-electron chi connectivity index (χ1n) is 6.82. The largest absolute Gasteiger partial charge is 0.479 e. The van der Waals surface area contributed by atoms with Crippen molar-refractivity contribution in [2.75, 3.05) is 19.7 Å². The van der Waals surface area contributed by atoms with E-state index in [1.54, 1.807) is 0 Å². The zero-order chi connectivity index (χ0) is 14.6. The molecule has 0 radical (unpaired) electrons. The van der Waals surface area contributed by atoms with Crippen LogP contribution in [0.2, 0.25) is 0 Å². The molecule has 0 aliphatic carbocycles. The zero-order valence-corrected chi connectivity index (χ0v) is 11.8. The lowest BCUT2D eigenvalue weighted by Gasteiger charge is -2.07. The first-order chi connectivity index (χ1) is 9.76. The molecule has 1 aromatic rings. The van der Waals surface area contributed by atoms with Gasteiger partial charge in [-0.3, -0.25) is 4.79 Å². The lowest BCUT2D eigenvalue weighted by atomic mass is 10.2. The number of carbonyl (C=O) groups is 1. The Morgan fingerprint density at radius 3 is 2.70 bits per heavy atom. The number of hydrogen-bond donors (Lipinski definition) is 2. The summed E-state index contributed by atoms with van der Waals surface area (Å²) in [6.45, 7) is 4.19. The topological polar surface area (TPSA) is 74.2 Å². The number of hydrogen-bond acceptors (Lipinski definition) is 4. The maximum atomic E-state index is 11.4. The Balaban J connectivity index is 2.19. The van der Waals surface area contributed by atoms with Crippen LogP contribution in [0.5, 0.6) is 5.75 Å². The van der Waals surface area contributed by atoms with E-state index >= 15 is 0 Å². The highest BCUT2D eigenvalue weighted by Crippen LogP contribution is 2.11. The van der Waals surface area contributed by atoms with E-state index in [2.05, 4.69) is 10.6 Å². The van der Waals surface area contributed by atoms with Gasteiger partial charge in [0.25, 0.3) is 0 Å². The van der Waals surface area contributed by atoms with E-state index in [-0.39, 0.29) is 12.5 Å². The first kappa shape index (κ1) is 16.0. The van der Waals surface area contributed by atoms with Crippen molar-refractivity contribution < 1.29 is 9.53 Å². The molecule has 5 nitrogen and oxygen atoms in total. The van der Waals surface area contributed by atoms with Crippen molar-refractivity contribution in [1.29, 1.82) is 5.26 Å². The van der Waals surface area contributed by atoms with Crippen molar-refractivity contribution in [1.82, 2.24) is 10.6 Å². The van der Waals surface area contributed by atoms with E-state index in [1.807, 2.05) is 37.3 Å². The molecule has 0 aromatic heterocycles. The summed E-state index contributed by atoms with van der Waals surface area (Å²) in [4.78, 5) is 11.4. The second-order valence-corrected chi connectivity index (χ2v) is 4.37. The van der Waals surface area contributed by atoms with Crippen LogP contribution in [-0.2, 0) is 11.3 Å². The SMILES string of the molecule is CCCNC(=O)CCNCc1ccc(OCC#N)cc1. The van der Waals surface area contributed by atoms with Gasteiger partial charge in [-0.05, 0) is 24.1 Å². The first-order valence-corrected chi connectivity index (χ1v) is 6.82. The lowest BCUT2D eigenvalue weighted by Crippen LogP contribution is -2.27. The Bertz CT molecular complexity index is 437. The van der Waals surface area contributed by atoms with Gasteiger partial charge in [-0.15, -0.1) is 0 Å². The third-order valence-corrected chi connectivity index (χ3v) is 2.66. The van der Waals surface area contributed by atoms with Crippen LogP contribution < -0.4 is 15.4 Å². The maximum absolute atomic E-state index is 11.4. The van der Waals surface area contributed by atoms with Crippen LogP contribution in [0.4, 0.5) is 0 Å². The average molecular weight is 275 g/mol. The summed E-state index contributed by atoms with van der Waals surface area (Å²) in [7, 11) is 0. The molecule has 0 saturated heterocycles. The number of carbonyl (C=O) groups excluding carboxylic acids is 1. The van der Waals surface area contributed by atoms with E-state index in [1.165, 1.54) is 0 Å². The minimum atomic E-state index is 0.0600. The zero-order valence-electron chi connectivity index (χ0n) is 11.8. The van der Waals surface area contributed by atoms with Crippen molar-refractivity contribution in [2.24, 2.45) is 0 Å². The lowest BCUT2D eigenvalue weighted by molar-refractivity contribution is -0.120. The molecule has 2 N–H and O–H groups in total. The molecule has 0 aliphatic rings. The van der Waals surface area contributed by atoms with Crippen LogP contribution in [0.3, 0.4) is 0 Å². The van der Waals surface area contributed by atoms with Gasteiger partial charge in [0.2, 0.25) is 5.91 Å². The summed E-state index contributed by atoms with van der Waals surface area (Å²) >= 11 is 0. The van der Waals surface area contributed by atoms with Gasteiger partial charge in [-0.25, -0.2) is 0 Å². The van der Waals surface area contributed by atoms with E-state index in [0.717, 1.165) is 18.5 Å². The molecule has 0 heterocycles. The molecular formula is C15H21N3O2. The Hall–Kier alpha value is -2.06. The standard InChI is InChI=1S/C15H21N3O2/c1-2-9-18-15(19)7-10-17-12-13-3-5-14(6-4-13)20-11-8-16/h3-6,17H,2,7,9-12H2,1H3,(H,18,19). The maximum Gasteiger partial charge on any atom is 0.221 e. The van der Waals surface area contributed by atoms with Crippen molar-refractivity contribution in [2.45, 2.75) is 26.3 Å². The van der Waals surface area contributed by atoms with Crippen LogP contribution in [0.1, 0.15) is 25.3 Å². The van der Waals surface area contributed by atoms with Crippen molar-refractivity contribution in [3.05, 3.63) is 29.8 Å². The van der Waals surface area contributed by atoms with Crippen LogP contribution >= 0.6 is 0 Å². The van der Waals surface area contributed by atoms with Gasteiger partial charge in [0, 0.05) is 26.1 Å². The Kier molecular flexibility index (Phi) is 7.85. The highest BCUT2D eigenvalue weighted by Gasteiger charge is 1.99. The van der Waals surface area contributed by atoms with Gasteiger partial charge >= 0.3 is 0 Å². The molecule has 1 amide bonds. The molecule has 1 rings (SSSR count). The molecule has 1 aromatic carbocycles. The summed E-state index contributed by atoms with van der Waals surface area (Å²) < 4.78 is 5.17. The number of nitriles is 1. The number of benzene rings is 1. The Labute approximate surface area is 119 Å². The average Bonchev–Trinajstić information content (AvgIpc) is 2.48. The van der Waals surface area contributed by atoms with Crippen LogP contribution in [0.15, 0.2) is 24.3 Å². The second-order valence-electron chi connectivity index (χ2n) is 4.37. The quantitative estimate of drug-likeness (QED) is 0.671. The van der Waals surface area contributed by atoms with Gasteiger partial charge in [-0.2, -0.15) is 5.26 Å². The Morgan fingerprint density at radius 2 is 2.05 bits per heavy atom. The smallest absolute Gasteiger partial charge is 0.221 e. The fourth-order valence-corrected chi connectivity index (χ4v) is 1.61. The van der Waals surface area contributed by atoms with E-state index in [4.69, 9.17) is 10.00 Å². The van der Waals surface area contributed by atoms with Gasteiger partial charge < -0.3 is 15.4 Å². The molecule has 0 atom stereocenters. The molecule has 108 valence electrons. The molecular weight excluding hydrogens is 254 g/mol. The molecule has 0 bridgehead atoms. The molecule has 20 heavy (non-hydrogen) atoms. The third kappa shape index (κ3) is 6.76. The molecule has 0 spiro atoms. The highest BCUT2D eigenvalue weighted by atomic mass is 16.5. The van der Waals surface area contributed by atoms with Gasteiger partial charge in [0.05, 0.1) is 0 Å². The highest BCUT2D eigenvalue weighted by molar-refractivity contribution is 5.75. The number of ether oxygens (including phenoxy) is 1. The van der Waals surface area contributed by atoms with Crippen molar-refractivity contribution >= 4 is 5.91 Å². The van der Waals surface area contributed by atoms with E-state index in [0.29, 0.717) is 25.3 Å². The number of rotatable bonds is 9. The predicted octanol–water partition coefficient (Wildman–Crippen LogP) is 1.59. The summed E-state index contributed by atoms with van der Waals surface area (Å²) in [5, 5.41) is 14.5. The van der Waals surface area contributed by atoms with Crippen molar-refractivity contribution in [3.63, 3.8) is 0 Å². The van der Waals surface area contributed by atoms with Crippen LogP contribution in [-0.4, -0.2) is 25.6 Å². The minimum Gasteiger partial charge on any atom is -0.479 e. The molecule has 0 fully saturated rings. The fourth-order valence-electron chi connectivity index (χ4n) is 1.61. The normalized spacial score (nSPS) is 9.80. The summed E-state index contributed by atoms with van der Waals surface area (Å²) in [5.74, 6) is 0.772. The van der Waals surface area contributed by atoms with Crippen LogP contribution in [0.25, 0.3) is 0 Å². The number of nitrogens with zero attached hydrogens (tertiary/aromatic N) is 1. The van der Waals surface area contributed by atoms with Crippen LogP contribution in [0, 0.1) is 11.3 Å². The van der Waals surface area contributed by atoms with E-state index in [9.17, 15) is 4.79 Å². The minimum absolute atomic E-state index is 0.0600. The Morgan fingerprint density at radius 1 is 1.30 bits per heavy atom. The molecule has 0 unspecified atom stereocenters. The van der Waals surface area contributed by atoms with Crippen molar-refractivity contribution in [3.8, 4) is 11.8 Å². The van der Waals surface area contributed by atoms with Gasteiger partial charge in [-0.1, -0.05) is 19.1 Å². The molecule has 0 saturated carbocycles. The summed E-state index contributed by atoms with van der Waals surface area (Å²) in [6.07, 6.45) is 1.45. The molecule has 5 heteroatoms. The predicted molar refractivity (Wildman–Crippen MR) is 77.2 cm³/mol. The molecule has 0 aliphatic heterocycles. The number of amides is 1. The summed E-state index contributed by atoms with van der Waals surface area (Å²) in [5.41, 5.74) is 1.11. The monoisotopic (exact) mass is 275 g/mol.